The fourth-order valence-corrected chi connectivity index (χ4v) is 8.58. The summed E-state index contributed by atoms with van der Waals surface area (Å²) < 4.78 is 12.9. The molecule has 2 aromatic heterocycles. The van der Waals surface area contributed by atoms with Gasteiger partial charge in [0.1, 0.15) is 16.7 Å². The fraction of sp³-hybridized carbons (Fsp3) is 0.0600. The van der Waals surface area contributed by atoms with Gasteiger partial charge in [-0.25, -0.2) is 4.98 Å². The van der Waals surface area contributed by atoms with Crippen LogP contribution in [0.5, 0.6) is 0 Å². The molecule has 2 heterocycles. The number of furan rings is 1. The minimum Gasteiger partial charge on any atom is -0.456 e. The van der Waals surface area contributed by atoms with E-state index in [1.807, 2.05) is 36.4 Å². The largest absolute Gasteiger partial charge is 0.456 e. The highest BCUT2D eigenvalue weighted by Gasteiger charge is 2.35. The molecular weight excluding hydrogens is 661 g/mol. The molecule has 54 heavy (non-hydrogen) atoms. The zero-order chi connectivity index (χ0) is 36.0. The molecule has 8 aromatic carbocycles. The number of oxazole rings is 1. The minimum atomic E-state index is -0.130. The third-order valence-electron chi connectivity index (χ3n) is 11.3. The molecule has 0 radical (unpaired) electrons. The van der Waals surface area contributed by atoms with E-state index >= 15 is 0 Å². The van der Waals surface area contributed by atoms with E-state index in [1.54, 1.807) is 0 Å². The highest BCUT2D eigenvalue weighted by Crippen LogP contribution is 2.51. The first-order valence-corrected chi connectivity index (χ1v) is 18.4. The van der Waals surface area contributed by atoms with Crippen LogP contribution in [0.2, 0.25) is 0 Å². The molecule has 0 N–H and O–H groups in total. The molecule has 256 valence electrons. The van der Waals surface area contributed by atoms with Crippen molar-refractivity contribution >= 4 is 60.9 Å². The van der Waals surface area contributed by atoms with E-state index in [9.17, 15) is 0 Å². The lowest BCUT2D eigenvalue weighted by atomic mass is 9.82. The summed E-state index contributed by atoms with van der Waals surface area (Å²) in [4.78, 5) is 7.19. The van der Waals surface area contributed by atoms with E-state index in [2.05, 4.69) is 152 Å². The molecule has 0 bridgehead atoms. The van der Waals surface area contributed by atoms with Crippen molar-refractivity contribution in [2.24, 2.45) is 0 Å². The highest BCUT2D eigenvalue weighted by atomic mass is 16.3. The van der Waals surface area contributed by atoms with Gasteiger partial charge in [-0.15, -0.1) is 0 Å². The highest BCUT2D eigenvalue weighted by molar-refractivity contribution is 6.12. The Hall–Kier alpha value is -6.91. The third-order valence-corrected chi connectivity index (χ3v) is 11.3. The molecule has 0 unspecified atom stereocenters. The molecule has 11 rings (SSSR count). The minimum absolute atomic E-state index is 0.130. The fourth-order valence-electron chi connectivity index (χ4n) is 8.58. The molecule has 10 aromatic rings. The Kier molecular flexibility index (Phi) is 6.56. The molecule has 4 heteroatoms. The average molecular weight is 695 g/mol. The quantitative estimate of drug-likeness (QED) is 0.180. The van der Waals surface area contributed by atoms with Crippen molar-refractivity contribution in [2.45, 2.75) is 19.3 Å². The average Bonchev–Trinajstić information content (AvgIpc) is 3.88. The Morgan fingerprint density at radius 2 is 1.15 bits per heavy atom. The summed E-state index contributed by atoms with van der Waals surface area (Å²) in [6.07, 6.45) is 0. The lowest BCUT2D eigenvalue weighted by Crippen LogP contribution is -2.16. The van der Waals surface area contributed by atoms with E-state index < -0.39 is 0 Å². The Balaban J connectivity index is 1.08. The van der Waals surface area contributed by atoms with Crippen LogP contribution < -0.4 is 4.90 Å². The Morgan fingerprint density at radius 3 is 2.06 bits per heavy atom. The van der Waals surface area contributed by atoms with Crippen LogP contribution >= 0.6 is 0 Å². The van der Waals surface area contributed by atoms with Gasteiger partial charge in [0.25, 0.3) is 0 Å². The van der Waals surface area contributed by atoms with Gasteiger partial charge in [0.15, 0.2) is 5.58 Å². The van der Waals surface area contributed by atoms with Crippen LogP contribution in [-0.2, 0) is 5.41 Å². The summed E-state index contributed by atoms with van der Waals surface area (Å²) >= 11 is 0. The van der Waals surface area contributed by atoms with E-state index in [4.69, 9.17) is 13.8 Å². The van der Waals surface area contributed by atoms with Crippen molar-refractivity contribution in [3.05, 3.63) is 181 Å². The number of para-hydroxylation sites is 2. The number of benzene rings is 8. The van der Waals surface area contributed by atoms with Gasteiger partial charge in [-0.1, -0.05) is 111 Å². The number of fused-ring (bicyclic) bond motifs is 8. The maximum Gasteiger partial charge on any atom is 0.228 e. The molecule has 0 amide bonds. The van der Waals surface area contributed by atoms with E-state index in [-0.39, 0.29) is 5.41 Å². The predicted octanol–water partition coefficient (Wildman–Crippen LogP) is 14.0. The van der Waals surface area contributed by atoms with Gasteiger partial charge in [-0.2, -0.15) is 0 Å². The van der Waals surface area contributed by atoms with Crippen molar-refractivity contribution in [3.8, 4) is 33.7 Å². The van der Waals surface area contributed by atoms with Crippen molar-refractivity contribution < 1.29 is 8.83 Å². The van der Waals surface area contributed by atoms with Crippen LogP contribution in [0.1, 0.15) is 25.0 Å². The SMILES string of the molecule is CC1(C)c2ccccc2-c2ccc(N(c3ccc4cc(-c5ccccc5)ccc4c3)c3ccc4c(c3)oc3cccc(-c5nc6ccccc6o5)c34)cc21. The van der Waals surface area contributed by atoms with Gasteiger partial charge >= 0.3 is 0 Å². The van der Waals surface area contributed by atoms with Gasteiger partial charge in [-0.05, 0) is 111 Å². The first-order valence-electron chi connectivity index (χ1n) is 18.4. The lowest BCUT2D eigenvalue weighted by molar-refractivity contribution is 0.620. The molecule has 0 fully saturated rings. The van der Waals surface area contributed by atoms with E-state index in [0.717, 1.165) is 55.7 Å². The topological polar surface area (TPSA) is 42.4 Å². The Labute approximate surface area is 312 Å². The summed E-state index contributed by atoms with van der Waals surface area (Å²) in [5, 5.41) is 4.39. The summed E-state index contributed by atoms with van der Waals surface area (Å²) in [7, 11) is 0. The molecule has 0 spiro atoms. The number of hydrogen-bond donors (Lipinski definition) is 0. The summed E-state index contributed by atoms with van der Waals surface area (Å²) in [5.41, 5.74) is 14.9. The van der Waals surface area contributed by atoms with Crippen LogP contribution in [0.4, 0.5) is 17.1 Å². The zero-order valence-electron chi connectivity index (χ0n) is 29.9. The lowest BCUT2D eigenvalue weighted by Gasteiger charge is -2.28. The van der Waals surface area contributed by atoms with Crippen LogP contribution in [0, 0.1) is 0 Å². The van der Waals surface area contributed by atoms with Gasteiger partial charge in [-0.3, -0.25) is 0 Å². The molecule has 1 aliphatic rings. The van der Waals surface area contributed by atoms with Crippen molar-refractivity contribution in [1.82, 2.24) is 4.98 Å². The van der Waals surface area contributed by atoms with Crippen molar-refractivity contribution in [2.75, 3.05) is 4.90 Å². The molecule has 0 atom stereocenters. The first-order chi connectivity index (χ1) is 26.5. The second kappa shape index (κ2) is 11.5. The molecule has 4 nitrogen and oxygen atoms in total. The van der Waals surface area contributed by atoms with Gasteiger partial charge in [0, 0.05) is 44.9 Å². The molecule has 0 aliphatic heterocycles. The zero-order valence-corrected chi connectivity index (χ0v) is 29.9. The number of nitrogens with zero attached hydrogens (tertiary/aromatic N) is 2. The van der Waals surface area contributed by atoms with Crippen LogP contribution in [0.3, 0.4) is 0 Å². The van der Waals surface area contributed by atoms with Gasteiger partial charge in [0.2, 0.25) is 5.89 Å². The van der Waals surface area contributed by atoms with Gasteiger partial charge < -0.3 is 13.7 Å². The second-order valence-corrected chi connectivity index (χ2v) is 14.8. The van der Waals surface area contributed by atoms with Crippen LogP contribution in [0.15, 0.2) is 179 Å². The standard InChI is InChI=1S/C50H34N2O2/c1-50(2)42-15-7-6-13-38(42)39-25-23-36(29-43(39)50)52(35-22-21-33-27-32(19-20-34(33)28-35)31-11-4-3-5-12-31)37-24-26-40-47(30-37)53-46-18-10-14-41(48(40)46)49-51-44-16-8-9-17-45(44)54-49/h3-30H,1-2H3. The predicted molar refractivity (Wildman–Crippen MR) is 222 cm³/mol. The van der Waals surface area contributed by atoms with Crippen LogP contribution in [0.25, 0.3) is 77.5 Å². The Bertz CT molecular complexity index is 3060. The van der Waals surface area contributed by atoms with E-state index in [0.29, 0.717) is 5.89 Å². The molecule has 1 aliphatic carbocycles. The third kappa shape index (κ3) is 4.66. The number of rotatable bonds is 5. The number of aromatic nitrogens is 1. The number of hydrogen-bond acceptors (Lipinski definition) is 4. The van der Waals surface area contributed by atoms with Crippen molar-refractivity contribution in [3.63, 3.8) is 0 Å². The smallest absolute Gasteiger partial charge is 0.228 e. The Morgan fingerprint density at radius 1 is 0.463 bits per heavy atom. The van der Waals surface area contributed by atoms with Crippen molar-refractivity contribution in [1.29, 1.82) is 0 Å². The van der Waals surface area contributed by atoms with E-state index in [1.165, 1.54) is 44.2 Å². The maximum atomic E-state index is 6.63. The molecule has 0 saturated heterocycles. The first kappa shape index (κ1) is 30.7. The summed E-state index contributed by atoms with van der Waals surface area (Å²) in [6.45, 7) is 4.67. The summed E-state index contributed by atoms with van der Waals surface area (Å²) in [5.74, 6) is 0.587. The molecular formula is C50H34N2O2. The number of anilines is 3. The normalized spacial score (nSPS) is 13.1. The van der Waals surface area contributed by atoms with Crippen LogP contribution in [-0.4, -0.2) is 4.98 Å². The monoisotopic (exact) mass is 694 g/mol. The summed E-state index contributed by atoms with van der Waals surface area (Å²) in [6, 6.07) is 60.3. The second-order valence-electron chi connectivity index (χ2n) is 14.8. The maximum absolute atomic E-state index is 6.63. The molecule has 0 saturated carbocycles. The van der Waals surface area contributed by atoms with Gasteiger partial charge in [0.05, 0.1) is 0 Å².